The summed E-state index contributed by atoms with van der Waals surface area (Å²) in [7, 11) is 1.59. The lowest BCUT2D eigenvalue weighted by Crippen LogP contribution is -2.19. The standard InChI is InChI=1S/C26H24N4O3S3/c1-32-23-14-21(12-13-22(23)33-16-19-8-4-2-5-9-19)15-27-28-24(31)18-35-26-30-29-25(36-26)34-17-20-10-6-3-7-11-20/h2-15H,16-18H2,1H3,(H,28,31)/b27-15-. The van der Waals surface area contributed by atoms with Gasteiger partial charge in [0, 0.05) is 5.75 Å². The molecule has 0 aliphatic rings. The highest BCUT2D eigenvalue weighted by molar-refractivity contribution is 8.03. The Bertz CT molecular complexity index is 1280. The van der Waals surface area contributed by atoms with Gasteiger partial charge in [-0.05, 0) is 34.9 Å². The number of amides is 1. The van der Waals surface area contributed by atoms with Gasteiger partial charge < -0.3 is 9.47 Å². The maximum Gasteiger partial charge on any atom is 0.250 e. The highest BCUT2D eigenvalue weighted by Gasteiger charge is 2.09. The van der Waals surface area contributed by atoms with Crippen LogP contribution in [0.15, 0.2) is 92.6 Å². The fourth-order valence-corrected chi connectivity index (χ4v) is 5.76. The Hall–Kier alpha value is -3.34. The van der Waals surface area contributed by atoms with E-state index in [1.807, 2.05) is 60.7 Å². The highest BCUT2D eigenvalue weighted by Crippen LogP contribution is 2.31. The first kappa shape index (κ1) is 25.7. The average Bonchev–Trinajstić information content (AvgIpc) is 3.39. The molecule has 0 spiro atoms. The number of aromatic nitrogens is 2. The van der Waals surface area contributed by atoms with Crippen LogP contribution < -0.4 is 14.9 Å². The summed E-state index contributed by atoms with van der Waals surface area (Å²) in [4.78, 5) is 12.2. The van der Waals surface area contributed by atoms with E-state index in [9.17, 15) is 4.79 Å². The second kappa shape index (κ2) is 13.7. The van der Waals surface area contributed by atoms with Gasteiger partial charge in [-0.15, -0.1) is 10.2 Å². The summed E-state index contributed by atoms with van der Waals surface area (Å²) in [6, 6.07) is 25.6. The maximum atomic E-state index is 12.2. The molecule has 0 unspecified atom stereocenters. The molecule has 1 amide bonds. The van der Waals surface area contributed by atoms with Gasteiger partial charge in [-0.2, -0.15) is 5.10 Å². The van der Waals surface area contributed by atoms with Crippen LogP contribution in [0.2, 0.25) is 0 Å². The third-order valence-electron chi connectivity index (χ3n) is 4.75. The average molecular weight is 537 g/mol. The lowest BCUT2D eigenvalue weighted by Gasteiger charge is -2.11. The lowest BCUT2D eigenvalue weighted by molar-refractivity contribution is -0.118. The molecule has 184 valence electrons. The molecule has 4 rings (SSSR count). The van der Waals surface area contributed by atoms with Crippen LogP contribution in [0.4, 0.5) is 0 Å². The van der Waals surface area contributed by atoms with Gasteiger partial charge in [-0.25, -0.2) is 5.43 Å². The number of rotatable bonds is 12. The van der Waals surface area contributed by atoms with Crippen LogP contribution in [0.5, 0.6) is 11.5 Å². The van der Waals surface area contributed by atoms with Crippen molar-refractivity contribution in [2.75, 3.05) is 12.9 Å². The summed E-state index contributed by atoms with van der Waals surface area (Å²) >= 11 is 4.45. The first-order valence-corrected chi connectivity index (χ1v) is 13.8. The molecule has 0 aliphatic carbocycles. The van der Waals surface area contributed by atoms with Gasteiger partial charge in [-0.1, -0.05) is 95.5 Å². The van der Waals surface area contributed by atoms with Crippen molar-refractivity contribution < 1.29 is 14.3 Å². The van der Waals surface area contributed by atoms with E-state index in [1.165, 1.54) is 28.7 Å². The SMILES string of the molecule is COc1cc(/C=N\NC(=O)CSc2nnc(SCc3ccccc3)s2)ccc1OCc1ccccc1. The number of benzene rings is 3. The number of carbonyl (C=O) groups is 1. The quantitative estimate of drug-likeness (QED) is 0.142. The first-order chi connectivity index (χ1) is 17.7. The summed E-state index contributed by atoms with van der Waals surface area (Å²) in [6.07, 6.45) is 1.56. The van der Waals surface area contributed by atoms with E-state index in [0.29, 0.717) is 18.1 Å². The zero-order valence-electron chi connectivity index (χ0n) is 19.5. The minimum absolute atomic E-state index is 0.199. The number of thioether (sulfide) groups is 2. The number of ether oxygens (including phenoxy) is 2. The molecule has 7 nitrogen and oxygen atoms in total. The molecule has 0 saturated carbocycles. The minimum atomic E-state index is -0.222. The molecule has 1 aromatic heterocycles. The smallest absolute Gasteiger partial charge is 0.250 e. The number of nitrogens with zero attached hydrogens (tertiary/aromatic N) is 3. The van der Waals surface area contributed by atoms with Gasteiger partial charge in [0.1, 0.15) is 6.61 Å². The Labute approximate surface area is 222 Å². The molecule has 0 aliphatic heterocycles. The predicted octanol–water partition coefficient (Wildman–Crippen LogP) is 5.66. The Morgan fingerprint density at radius 2 is 1.64 bits per heavy atom. The topological polar surface area (TPSA) is 85.7 Å². The zero-order valence-corrected chi connectivity index (χ0v) is 21.9. The van der Waals surface area contributed by atoms with E-state index in [-0.39, 0.29) is 11.7 Å². The van der Waals surface area contributed by atoms with E-state index < -0.39 is 0 Å². The molecule has 1 heterocycles. The van der Waals surface area contributed by atoms with Crippen LogP contribution >= 0.6 is 34.9 Å². The molecular formula is C26H24N4O3S3. The molecule has 1 N–H and O–H groups in total. The van der Waals surface area contributed by atoms with Crippen LogP contribution in [0.25, 0.3) is 0 Å². The molecule has 3 aromatic carbocycles. The molecule has 0 fully saturated rings. The first-order valence-electron chi connectivity index (χ1n) is 11.0. The normalized spacial score (nSPS) is 10.9. The largest absolute Gasteiger partial charge is 0.493 e. The predicted molar refractivity (Wildman–Crippen MR) is 146 cm³/mol. The van der Waals surface area contributed by atoms with Crippen molar-refractivity contribution in [3.63, 3.8) is 0 Å². The number of methoxy groups -OCH3 is 1. The molecule has 36 heavy (non-hydrogen) atoms. The molecule has 10 heteroatoms. The van der Waals surface area contributed by atoms with Crippen molar-refractivity contribution >= 4 is 47.0 Å². The molecule has 0 atom stereocenters. The Morgan fingerprint density at radius 3 is 2.36 bits per heavy atom. The zero-order chi connectivity index (χ0) is 25.0. The van der Waals surface area contributed by atoms with Gasteiger partial charge in [-0.3, -0.25) is 4.79 Å². The van der Waals surface area contributed by atoms with Crippen LogP contribution in [0, 0.1) is 0 Å². The van der Waals surface area contributed by atoms with Gasteiger partial charge >= 0.3 is 0 Å². The number of hydrazone groups is 1. The second-order valence-corrected chi connectivity index (χ2v) is 10.8. The summed E-state index contributed by atoms with van der Waals surface area (Å²) < 4.78 is 12.9. The number of carbonyl (C=O) groups excluding carboxylic acids is 1. The lowest BCUT2D eigenvalue weighted by atomic mass is 10.2. The van der Waals surface area contributed by atoms with Gasteiger partial charge in [0.05, 0.1) is 19.1 Å². The molecule has 4 aromatic rings. The maximum absolute atomic E-state index is 12.2. The monoisotopic (exact) mass is 536 g/mol. The number of hydrogen-bond donors (Lipinski definition) is 1. The fourth-order valence-electron chi connectivity index (χ4n) is 2.99. The summed E-state index contributed by atoms with van der Waals surface area (Å²) in [5.74, 6) is 2.04. The summed E-state index contributed by atoms with van der Waals surface area (Å²) in [5.41, 5.74) is 5.62. The minimum Gasteiger partial charge on any atom is -0.493 e. The Balaban J connectivity index is 1.21. The van der Waals surface area contributed by atoms with Gasteiger partial charge in [0.15, 0.2) is 20.2 Å². The number of hydrogen-bond acceptors (Lipinski definition) is 9. The van der Waals surface area contributed by atoms with Crippen molar-refractivity contribution in [3.05, 3.63) is 95.6 Å². The van der Waals surface area contributed by atoms with Crippen LogP contribution in [-0.4, -0.2) is 35.2 Å². The number of nitrogens with one attached hydrogen (secondary N) is 1. The van der Waals surface area contributed by atoms with E-state index in [1.54, 1.807) is 31.2 Å². The van der Waals surface area contributed by atoms with Crippen molar-refractivity contribution in [1.82, 2.24) is 15.6 Å². The Kier molecular flexibility index (Phi) is 9.78. The van der Waals surface area contributed by atoms with Gasteiger partial charge in [0.25, 0.3) is 5.91 Å². The molecule has 0 saturated heterocycles. The molecular weight excluding hydrogens is 513 g/mol. The molecule has 0 radical (unpaired) electrons. The van der Waals surface area contributed by atoms with Crippen LogP contribution in [0.3, 0.4) is 0 Å². The van der Waals surface area contributed by atoms with Crippen LogP contribution in [0.1, 0.15) is 16.7 Å². The van der Waals surface area contributed by atoms with E-state index in [4.69, 9.17) is 9.47 Å². The summed E-state index contributed by atoms with van der Waals surface area (Å²) in [5, 5.41) is 12.4. The second-order valence-electron chi connectivity index (χ2n) is 7.37. The van der Waals surface area contributed by atoms with Crippen molar-refractivity contribution in [1.29, 1.82) is 0 Å². The third kappa shape index (κ3) is 8.11. The Morgan fingerprint density at radius 1 is 0.944 bits per heavy atom. The van der Waals surface area contributed by atoms with E-state index >= 15 is 0 Å². The van der Waals surface area contributed by atoms with Crippen molar-refractivity contribution in [2.45, 2.75) is 21.0 Å². The van der Waals surface area contributed by atoms with Gasteiger partial charge in [0.2, 0.25) is 0 Å². The summed E-state index contributed by atoms with van der Waals surface area (Å²) in [6.45, 7) is 0.445. The van der Waals surface area contributed by atoms with Crippen LogP contribution in [-0.2, 0) is 17.2 Å². The van der Waals surface area contributed by atoms with E-state index in [0.717, 1.165) is 25.6 Å². The van der Waals surface area contributed by atoms with E-state index in [2.05, 4.69) is 32.9 Å². The molecule has 0 bridgehead atoms. The fraction of sp³-hybridized carbons (Fsp3) is 0.154. The highest BCUT2D eigenvalue weighted by atomic mass is 32.2. The van der Waals surface area contributed by atoms with Crippen molar-refractivity contribution in [2.24, 2.45) is 5.10 Å². The third-order valence-corrected chi connectivity index (χ3v) is 8.01. The van der Waals surface area contributed by atoms with Crippen molar-refractivity contribution in [3.8, 4) is 11.5 Å².